The Kier molecular flexibility index (Phi) is 3.84. The summed E-state index contributed by atoms with van der Waals surface area (Å²) in [4.78, 5) is 0. The van der Waals surface area contributed by atoms with Crippen LogP contribution in [0.25, 0.3) is 0 Å². The van der Waals surface area contributed by atoms with Crippen LogP contribution in [0.3, 0.4) is 0 Å². The van der Waals surface area contributed by atoms with Crippen molar-refractivity contribution in [2.75, 3.05) is 7.05 Å². The Hall–Kier alpha value is -0.760. The molecule has 0 saturated heterocycles. The largest absolute Gasteiger partial charge is 0.469 e. The molecule has 15 heavy (non-hydrogen) atoms. The summed E-state index contributed by atoms with van der Waals surface area (Å²) >= 11 is 0. The molecule has 1 saturated carbocycles. The van der Waals surface area contributed by atoms with Crippen molar-refractivity contribution in [3.8, 4) is 0 Å². The topological polar surface area (TPSA) is 25.2 Å². The van der Waals surface area contributed by atoms with Gasteiger partial charge in [-0.1, -0.05) is 19.3 Å². The number of aryl methyl sites for hydroxylation is 1. The minimum atomic E-state index is 0.667. The molecule has 0 aliphatic heterocycles. The van der Waals surface area contributed by atoms with Gasteiger partial charge in [-0.25, -0.2) is 0 Å². The third-order valence-electron chi connectivity index (χ3n) is 3.57. The van der Waals surface area contributed by atoms with Crippen molar-refractivity contribution in [2.45, 2.75) is 44.6 Å². The molecule has 2 rings (SSSR count). The van der Waals surface area contributed by atoms with Crippen LogP contribution in [0.4, 0.5) is 0 Å². The van der Waals surface area contributed by atoms with Gasteiger partial charge in [0.05, 0.1) is 6.26 Å². The van der Waals surface area contributed by atoms with Crippen molar-refractivity contribution in [3.05, 3.63) is 24.2 Å². The summed E-state index contributed by atoms with van der Waals surface area (Å²) in [6.45, 7) is 0. The summed E-state index contributed by atoms with van der Waals surface area (Å²) in [6, 6.07) is 4.70. The molecule has 1 aliphatic carbocycles. The zero-order valence-electron chi connectivity index (χ0n) is 9.54. The van der Waals surface area contributed by atoms with Crippen molar-refractivity contribution in [1.82, 2.24) is 5.32 Å². The molecule has 1 aliphatic rings. The first-order chi connectivity index (χ1) is 7.38. The van der Waals surface area contributed by atoms with E-state index in [-0.39, 0.29) is 0 Å². The molecule has 1 N–H and O–H groups in total. The summed E-state index contributed by atoms with van der Waals surface area (Å²) in [5, 5.41) is 3.42. The highest BCUT2D eigenvalue weighted by atomic mass is 16.3. The molecule has 0 radical (unpaired) electrons. The first-order valence-corrected chi connectivity index (χ1v) is 6.08. The van der Waals surface area contributed by atoms with Gasteiger partial charge in [-0.15, -0.1) is 0 Å². The van der Waals surface area contributed by atoms with Gasteiger partial charge in [-0.05, 0) is 37.9 Å². The lowest BCUT2D eigenvalue weighted by Gasteiger charge is -2.29. The van der Waals surface area contributed by atoms with Gasteiger partial charge in [0.25, 0.3) is 0 Å². The standard InChI is InChI=1S/C13H21NO/c1-14-12(10-11-4-2-5-11)7-8-13-6-3-9-15-13/h3,6,9,11-12,14H,2,4-5,7-8,10H2,1H3. The van der Waals surface area contributed by atoms with E-state index in [1.54, 1.807) is 6.26 Å². The highest BCUT2D eigenvalue weighted by Gasteiger charge is 2.21. The van der Waals surface area contributed by atoms with Crippen molar-refractivity contribution in [1.29, 1.82) is 0 Å². The summed E-state index contributed by atoms with van der Waals surface area (Å²) in [6.07, 6.45) is 9.69. The van der Waals surface area contributed by atoms with Crippen LogP contribution >= 0.6 is 0 Å². The molecule has 1 unspecified atom stereocenters. The predicted octanol–water partition coefficient (Wildman–Crippen LogP) is 2.99. The fourth-order valence-electron chi connectivity index (χ4n) is 2.28. The summed E-state index contributed by atoms with van der Waals surface area (Å²) in [5.74, 6) is 2.10. The first-order valence-electron chi connectivity index (χ1n) is 6.08. The summed E-state index contributed by atoms with van der Waals surface area (Å²) in [7, 11) is 2.07. The Balaban J connectivity index is 1.70. The Bertz CT molecular complexity index is 264. The summed E-state index contributed by atoms with van der Waals surface area (Å²) in [5.41, 5.74) is 0. The van der Waals surface area contributed by atoms with E-state index in [1.807, 2.05) is 6.07 Å². The minimum Gasteiger partial charge on any atom is -0.469 e. The number of rotatable bonds is 6. The number of hydrogen-bond donors (Lipinski definition) is 1. The van der Waals surface area contributed by atoms with E-state index in [1.165, 1.54) is 32.1 Å². The zero-order valence-corrected chi connectivity index (χ0v) is 9.54. The third kappa shape index (κ3) is 3.10. The lowest BCUT2D eigenvalue weighted by molar-refractivity contribution is 0.257. The number of hydrogen-bond acceptors (Lipinski definition) is 2. The molecule has 84 valence electrons. The second-order valence-electron chi connectivity index (χ2n) is 4.64. The first kappa shape index (κ1) is 10.7. The van der Waals surface area contributed by atoms with E-state index in [9.17, 15) is 0 Å². The van der Waals surface area contributed by atoms with Gasteiger partial charge in [0.15, 0.2) is 0 Å². The van der Waals surface area contributed by atoms with E-state index in [2.05, 4.69) is 18.4 Å². The van der Waals surface area contributed by atoms with Gasteiger partial charge in [0.2, 0.25) is 0 Å². The Labute approximate surface area is 92.1 Å². The quantitative estimate of drug-likeness (QED) is 0.775. The molecule has 0 bridgehead atoms. The SMILES string of the molecule is CNC(CCc1ccco1)CC1CCC1. The van der Waals surface area contributed by atoms with E-state index >= 15 is 0 Å². The highest BCUT2D eigenvalue weighted by Crippen LogP contribution is 2.31. The number of furan rings is 1. The van der Waals surface area contributed by atoms with Gasteiger partial charge in [-0.3, -0.25) is 0 Å². The molecule has 1 aromatic heterocycles. The maximum absolute atomic E-state index is 5.35. The Morgan fingerprint density at radius 2 is 2.40 bits per heavy atom. The molecule has 1 atom stereocenters. The maximum atomic E-state index is 5.35. The molecular formula is C13H21NO. The zero-order chi connectivity index (χ0) is 10.5. The molecule has 0 aromatic carbocycles. The van der Waals surface area contributed by atoms with E-state index in [4.69, 9.17) is 4.42 Å². The van der Waals surface area contributed by atoms with Gasteiger partial charge < -0.3 is 9.73 Å². The second-order valence-corrected chi connectivity index (χ2v) is 4.64. The van der Waals surface area contributed by atoms with Gasteiger partial charge in [0, 0.05) is 12.5 Å². The van der Waals surface area contributed by atoms with Crippen LogP contribution in [0.1, 0.15) is 37.9 Å². The lowest BCUT2D eigenvalue weighted by Crippen LogP contribution is -2.30. The highest BCUT2D eigenvalue weighted by molar-refractivity contribution is 4.98. The van der Waals surface area contributed by atoms with Crippen molar-refractivity contribution >= 4 is 0 Å². The van der Waals surface area contributed by atoms with Crippen LogP contribution in [0.2, 0.25) is 0 Å². The van der Waals surface area contributed by atoms with E-state index in [0.717, 1.165) is 18.1 Å². The maximum Gasteiger partial charge on any atom is 0.103 e. The van der Waals surface area contributed by atoms with E-state index in [0.29, 0.717) is 6.04 Å². The predicted molar refractivity (Wildman–Crippen MR) is 61.8 cm³/mol. The van der Waals surface area contributed by atoms with Crippen molar-refractivity contribution in [3.63, 3.8) is 0 Å². The third-order valence-corrected chi connectivity index (χ3v) is 3.57. The molecule has 2 heteroatoms. The van der Waals surface area contributed by atoms with Crippen molar-refractivity contribution < 1.29 is 4.42 Å². The molecule has 1 heterocycles. The smallest absolute Gasteiger partial charge is 0.103 e. The average Bonchev–Trinajstić information content (AvgIpc) is 2.68. The Morgan fingerprint density at radius 3 is 2.93 bits per heavy atom. The van der Waals surface area contributed by atoms with Crippen LogP contribution < -0.4 is 5.32 Å². The van der Waals surface area contributed by atoms with Gasteiger partial charge in [-0.2, -0.15) is 0 Å². The fourth-order valence-corrected chi connectivity index (χ4v) is 2.28. The van der Waals surface area contributed by atoms with Gasteiger partial charge in [0.1, 0.15) is 5.76 Å². The molecule has 1 fully saturated rings. The van der Waals surface area contributed by atoms with E-state index < -0.39 is 0 Å². The normalized spacial score (nSPS) is 18.7. The molecule has 0 amide bonds. The fraction of sp³-hybridized carbons (Fsp3) is 0.692. The molecule has 2 nitrogen and oxygen atoms in total. The van der Waals surface area contributed by atoms with Crippen LogP contribution in [0.15, 0.2) is 22.8 Å². The molecule has 0 spiro atoms. The minimum absolute atomic E-state index is 0.667. The van der Waals surface area contributed by atoms with Crippen LogP contribution in [0.5, 0.6) is 0 Å². The Morgan fingerprint density at radius 1 is 1.53 bits per heavy atom. The lowest BCUT2D eigenvalue weighted by atomic mass is 9.80. The van der Waals surface area contributed by atoms with Crippen LogP contribution in [-0.4, -0.2) is 13.1 Å². The van der Waals surface area contributed by atoms with Crippen LogP contribution in [0, 0.1) is 5.92 Å². The number of nitrogens with one attached hydrogen (secondary N) is 1. The second kappa shape index (κ2) is 5.36. The monoisotopic (exact) mass is 207 g/mol. The average molecular weight is 207 g/mol. The van der Waals surface area contributed by atoms with Gasteiger partial charge >= 0.3 is 0 Å². The molecule has 1 aromatic rings. The van der Waals surface area contributed by atoms with Crippen LogP contribution in [-0.2, 0) is 6.42 Å². The molecular weight excluding hydrogens is 186 g/mol. The van der Waals surface area contributed by atoms with Crippen molar-refractivity contribution in [2.24, 2.45) is 5.92 Å². The summed E-state index contributed by atoms with van der Waals surface area (Å²) < 4.78 is 5.35.